The van der Waals surface area contributed by atoms with Crippen molar-refractivity contribution in [3.05, 3.63) is 51.7 Å². The van der Waals surface area contributed by atoms with Gasteiger partial charge in [0, 0.05) is 18.0 Å². The quantitative estimate of drug-likeness (QED) is 0.774. The number of para-hydroxylation sites is 1. The molecule has 0 aliphatic rings. The molecule has 0 atom stereocenters. The van der Waals surface area contributed by atoms with Gasteiger partial charge in [-0.2, -0.15) is 0 Å². The Hall–Kier alpha value is -1.23. The lowest BCUT2D eigenvalue weighted by Gasteiger charge is -1.98. The van der Waals surface area contributed by atoms with E-state index in [1.54, 1.807) is 22.7 Å². The summed E-state index contributed by atoms with van der Waals surface area (Å²) >= 11 is 3.55. The first-order valence-corrected chi connectivity index (χ1v) is 7.19. The van der Waals surface area contributed by atoms with Crippen LogP contribution in [-0.2, 0) is 13.1 Å². The lowest BCUT2D eigenvalue weighted by Crippen LogP contribution is -2.11. The molecule has 1 N–H and O–H groups in total. The predicted octanol–water partition coefficient (Wildman–Crippen LogP) is 3.65. The molecular formula is C13H12N2S2. The summed E-state index contributed by atoms with van der Waals surface area (Å²) in [5, 5.41) is 6.68. The van der Waals surface area contributed by atoms with Crippen molar-refractivity contribution in [3.8, 4) is 0 Å². The minimum absolute atomic E-state index is 0.844. The fourth-order valence-corrected chi connectivity index (χ4v) is 3.31. The standard InChI is InChI=1S/C13H12N2S2/c1-2-6-12-11(5-1)15-13(17-12)9-14-8-10-4-3-7-16-10/h1-7,14H,8-9H2. The highest BCUT2D eigenvalue weighted by Crippen LogP contribution is 2.21. The number of hydrogen-bond acceptors (Lipinski definition) is 4. The molecule has 1 aromatic carbocycles. The van der Waals surface area contributed by atoms with Gasteiger partial charge in [-0.3, -0.25) is 0 Å². The molecule has 2 nitrogen and oxygen atoms in total. The van der Waals surface area contributed by atoms with Gasteiger partial charge in [-0.25, -0.2) is 4.98 Å². The topological polar surface area (TPSA) is 24.9 Å². The predicted molar refractivity (Wildman–Crippen MR) is 74.5 cm³/mol. The molecule has 0 unspecified atom stereocenters. The van der Waals surface area contributed by atoms with Crippen LogP contribution in [0.15, 0.2) is 41.8 Å². The van der Waals surface area contributed by atoms with Crippen molar-refractivity contribution in [1.29, 1.82) is 0 Å². The molecule has 0 fully saturated rings. The van der Waals surface area contributed by atoms with Gasteiger partial charge in [0.15, 0.2) is 0 Å². The van der Waals surface area contributed by atoms with Gasteiger partial charge in [0.1, 0.15) is 5.01 Å². The average molecular weight is 260 g/mol. The minimum atomic E-state index is 0.844. The molecule has 0 aliphatic carbocycles. The largest absolute Gasteiger partial charge is 0.306 e. The zero-order chi connectivity index (χ0) is 11.5. The van der Waals surface area contributed by atoms with E-state index >= 15 is 0 Å². The number of benzene rings is 1. The molecule has 2 heterocycles. The summed E-state index contributed by atoms with van der Waals surface area (Å²) in [7, 11) is 0. The third kappa shape index (κ3) is 2.54. The maximum Gasteiger partial charge on any atom is 0.108 e. The van der Waals surface area contributed by atoms with Crippen molar-refractivity contribution < 1.29 is 0 Å². The molecule has 0 amide bonds. The third-order valence-corrected chi connectivity index (χ3v) is 4.41. The fourth-order valence-electron chi connectivity index (χ4n) is 1.70. The van der Waals surface area contributed by atoms with Crippen molar-refractivity contribution >= 4 is 32.9 Å². The smallest absolute Gasteiger partial charge is 0.108 e. The van der Waals surface area contributed by atoms with Crippen LogP contribution in [0, 0.1) is 0 Å². The zero-order valence-electron chi connectivity index (χ0n) is 9.22. The summed E-state index contributed by atoms with van der Waals surface area (Å²) in [6.07, 6.45) is 0. The second-order valence-electron chi connectivity index (χ2n) is 3.76. The van der Waals surface area contributed by atoms with Crippen LogP contribution >= 0.6 is 22.7 Å². The van der Waals surface area contributed by atoms with E-state index in [1.165, 1.54) is 9.58 Å². The number of nitrogens with zero attached hydrogens (tertiary/aromatic N) is 1. The van der Waals surface area contributed by atoms with E-state index < -0.39 is 0 Å². The molecule has 0 saturated carbocycles. The number of rotatable bonds is 4. The number of fused-ring (bicyclic) bond motifs is 1. The molecule has 3 aromatic rings. The van der Waals surface area contributed by atoms with E-state index in [-0.39, 0.29) is 0 Å². The van der Waals surface area contributed by atoms with E-state index in [1.807, 2.05) is 6.07 Å². The van der Waals surface area contributed by atoms with Gasteiger partial charge in [-0.15, -0.1) is 22.7 Å². The summed E-state index contributed by atoms with van der Waals surface area (Å²) in [6, 6.07) is 12.5. The van der Waals surface area contributed by atoms with Crippen LogP contribution in [0.25, 0.3) is 10.2 Å². The van der Waals surface area contributed by atoms with Gasteiger partial charge in [-0.1, -0.05) is 18.2 Å². The number of aromatic nitrogens is 1. The molecular weight excluding hydrogens is 248 g/mol. The van der Waals surface area contributed by atoms with Crippen LogP contribution in [0.5, 0.6) is 0 Å². The van der Waals surface area contributed by atoms with Gasteiger partial charge in [0.2, 0.25) is 0 Å². The summed E-state index contributed by atoms with van der Waals surface area (Å²) < 4.78 is 1.26. The van der Waals surface area contributed by atoms with E-state index in [4.69, 9.17) is 0 Å². The molecule has 17 heavy (non-hydrogen) atoms. The van der Waals surface area contributed by atoms with Crippen molar-refractivity contribution in [2.24, 2.45) is 0 Å². The van der Waals surface area contributed by atoms with E-state index in [9.17, 15) is 0 Å². The molecule has 0 spiro atoms. The van der Waals surface area contributed by atoms with Gasteiger partial charge in [0.25, 0.3) is 0 Å². The molecule has 0 aliphatic heterocycles. The monoisotopic (exact) mass is 260 g/mol. The summed E-state index contributed by atoms with van der Waals surface area (Å²) in [5.41, 5.74) is 1.10. The summed E-state index contributed by atoms with van der Waals surface area (Å²) in [5.74, 6) is 0. The summed E-state index contributed by atoms with van der Waals surface area (Å²) in [4.78, 5) is 5.96. The molecule has 0 radical (unpaired) electrons. The van der Waals surface area contributed by atoms with Crippen LogP contribution in [0.2, 0.25) is 0 Å². The fraction of sp³-hybridized carbons (Fsp3) is 0.154. The van der Waals surface area contributed by atoms with Gasteiger partial charge in [0.05, 0.1) is 10.2 Å². The Morgan fingerprint density at radius 3 is 2.82 bits per heavy atom. The lowest BCUT2D eigenvalue weighted by molar-refractivity contribution is 0.698. The van der Waals surface area contributed by atoms with Crippen LogP contribution in [0.4, 0.5) is 0 Å². The van der Waals surface area contributed by atoms with E-state index in [0.29, 0.717) is 0 Å². The molecule has 4 heteroatoms. The van der Waals surface area contributed by atoms with Gasteiger partial charge >= 0.3 is 0 Å². The summed E-state index contributed by atoms with van der Waals surface area (Å²) in [6.45, 7) is 1.77. The Bertz CT molecular complexity index is 566. The van der Waals surface area contributed by atoms with Crippen molar-refractivity contribution in [2.45, 2.75) is 13.1 Å². The first-order chi connectivity index (χ1) is 8.42. The highest BCUT2D eigenvalue weighted by Gasteiger charge is 2.02. The molecule has 2 aromatic heterocycles. The van der Waals surface area contributed by atoms with Crippen molar-refractivity contribution in [2.75, 3.05) is 0 Å². The van der Waals surface area contributed by atoms with Gasteiger partial charge < -0.3 is 5.32 Å². The number of thiophene rings is 1. The normalized spacial score (nSPS) is 11.1. The van der Waals surface area contributed by atoms with Crippen molar-refractivity contribution in [1.82, 2.24) is 10.3 Å². The highest BCUT2D eigenvalue weighted by atomic mass is 32.1. The lowest BCUT2D eigenvalue weighted by atomic mass is 10.3. The maximum absolute atomic E-state index is 4.59. The Morgan fingerprint density at radius 1 is 1.06 bits per heavy atom. The molecule has 86 valence electrons. The SMILES string of the molecule is c1csc(CNCc2nc3ccccc3s2)c1. The number of nitrogens with one attached hydrogen (secondary N) is 1. The highest BCUT2D eigenvalue weighted by molar-refractivity contribution is 7.18. The third-order valence-electron chi connectivity index (χ3n) is 2.49. The van der Waals surface area contributed by atoms with Crippen LogP contribution in [0.3, 0.4) is 0 Å². The Kier molecular flexibility index (Phi) is 3.18. The van der Waals surface area contributed by atoms with Crippen LogP contribution < -0.4 is 5.32 Å². The number of hydrogen-bond donors (Lipinski definition) is 1. The first-order valence-electron chi connectivity index (χ1n) is 5.49. The van der Waals surface area contributed by atoms with E-state index in [0.717, 1.165) is 23.6 Å². The average Bonchev–Trinajstić information content (AvgIpc) is 2.96. The first kappa shape index (κ1) is 10.9. The molecule has 0 bridgehead atoms. The second-order valence-corrected chi connectivity index (χ2v) is 5.91. The Morgan fingerprint density at radius 2 is 2.00 bits per heavy atom. The van der Waals surface area contributed by atoms with E-state index in [2.05, 4.69) is 46.0 Å². The number of thiazole rings is 1. The Balaban J connectivity index is 1.65. The molecule has 3 rings (SSSR count). The maximum atomic E-state index is 4.59. The zero-order valence-corrected chi connectivity index (χ0v) is 10.9. The van der Waals surface area contributed by atoms with Gasteiger partial charge in [-0.05, 0) is 23.6 Å². The second kappa shape index (κ2) is 4.96. The van der Waals surface area contributed by atoms with Crippen LogP contribution in [0.1, 0.15) is 9.88 Å². The Labute approximate surface area is 108 Å². The minimum Gasteiger partial charge on any atom is -0.306 e. The van der Waals surface area contributed by atoms with Crippen molar-refractivity contribution in [3.63, 3.8) is 0 Å². The van der Waals surface area contributed by atoms with Crippen LogP contribution in [-0.4, -0.2) is 4.98 Å². The molecule has 0 saturated heterocycles.